The van der Waals surface area contributed by atoms with Crippen LogP contribution in [0.5, 0.6) is 0 Å². The molecule has 1 N–H and O–H groups in total. The number of nitriles is 1. The van der Waals surface area contributed by atoms with E-state index in [0.29, 0.717) is 31.9 Å². The number of esters is 2. The average Bonchev–Trinajstić information content (AvgIpc) is 2.86. The Hall–Kier alpha value is -3.36. The fourth-order valence-corrected chi connectivity index (χ4v) is 4.61. The van der Waals surface area contributed by atoms with Gasteiger partial charge in [0.1, 0.15) is 5.92 Å². The van der Waals surface area contributed by atoms with Crippen molar-refractivity contribution >= 4 is 35.5 Å². The number of carbonyl (C=O) groups excluding carboxylic acids is 4. The van der Waals surface area contributed by atoms with Gasteiger partial charge in [-0.3, -0.25) is 14.4 Å². The van der Waals surface area contributed by atoms with Gasteiger partial charge >= 0.3 is 11.9 Å². The quantitative estimate of drug-likeness (QED) is 0.470. The highest BCUT2D eigenvalue weighted by Crippen LogP contribution is 2.40. The molecule has 2 heterocycles. The Morgan fingerprint density at radius 3 is 2.42 bits per heavy atom. The van der Waals surface area contributed by atoms with Crippen molar-refractivity contribution in [3.05, 3.63) is 46.0 Å². The second-order valence-electron chi connectivity index (χ2n) is 7.22. The molecule has 2 aliphatic heterocycles. The van der Waals surface area contributed by atoms with E-state index in [0.717, 1.165) is 18.9 Å². The van der Waals surface area contributed by atoms with Crippen molar-refractivity contribution in [2.75, 3.05) is 46.3 Å². The Morgan fingerprint density at radius 2 is 1.85 bits per heavy atom. The Kier molecular flexibility index (Phi) is 8.08. The van der Waals surface area contributed by atoms with Crippen LogP contribution in [0.3, 0.4) is 0 Å². The van der Waals surface area contributed by atoms with E-state index in [2.05, 4.69) is 11.4 Å². The van der Waals surface area contributed by atoms with Crippen molar-refractivity contribution in [2.24, 2.45) is 5.92 Å². The van der Waals surface area contributed by atoms with Crippen LogP contribution in [-0.2, 0) is 28.6 Å². The number of morpholine rings is 1. The molecule has 0 aromatic heterocycles. The van der Waals surface area contributed by atoms with Crippen LogP contribution >= 0.6 is 11.8 Å². The summed E-state index contributed by atoms with van der Waals surface area (Å²) in [6, 6.07) is 8.19. The predicted octanol–water partition coefficient (Wildman–Crippen LogP) is 0.803. The van der Waals surface area contributed by atoms with Crippen molar-refractivity contribution in [3.63, 3.8) is 0 Å². The summed E-state index contributed by atoms with van der Waals surface area (Å²) in [7, 11) is 2.42. The predicted molar refractivity (Wildman–Crippen MR) is 117 cm³/mol. The summed E-state index contributed by atoms with van der Waals surface area (Å²) in [5.74, 6) is -4.34. The fraction of sp³-hybridized carbons (Fsp3) is 0.409. The van der Waals surface area contributed by atoms with Crippen LogP contribution in [0.15, 0.2) is 34.9 Å². The smallest absolute Gasteiger partial charge is 0.337 e. The number of thioether (sulfide) groups is 1. The normalized spacial score (nSPS) is 20.5. The number of hydrogen-bond donors (Lipinski definition) is 1. The average molecular weight is 474 g/mol. The van der Waals surface area contributed by atoms with Gasteiger partial charge in [0, 0.05) is 19.0 Å². The summed E-state index contributed by atoms with van der Waals surface area (Å²) in [5.41, 5.74) is 0.891. The minimum absolute atomic E-state index is 0.0116. The molecule has 0 unspecified atom stereocenters. The highest BCUT2D eigenvalue weighted by Gasteiger charge is 2.44. The molecule has 2 amide bonds. The van der Waals surface area contributed by atoms with E-state index in [1.807, 2.05) is 0 Å². The molecule has 33 heavy (non-hydrogen) atoms. The number of rotatable bonds is 6. The van der Waals surface area contributed by atoms with Crippen LogP contribution < -0.4 is 5.32 Å². The zero-order valence-corrected chi connectivity index (χ0v) is 19.0. The molecular formula is C22H23N3O7S. The first-order chi connectivity index (χ1) is 15.9. The Morgan fingerprint density at radius 1 is 1.18 bits per heavy atom. The number of benzene rings is 1. The van der Waals surface area contributed by atoms with E-state index >= 15 is 0 Å². The fourth-order valence-electron chi connectivity index (χ4n) is 3.66. The molecule has 2 aliphatic rings. The van der Waals surface area contributed by atoms with E-state index in [1.165, 1.54) is 19.2 Å². The summed E-state index contributed by atoms with van der Waals surface area (Å²) < 4.78 is 14.8. The van der Waals surface area contributed by atoms with Gasteiger partial charge in [-0.15, -0.1) is 0 Å². The molecule has 1 saturated heterocycles. The first-order valence-electron chi connectivity index (χ1n) is 10.1. The van der Waals surface area contributed by atoms with E-state index in [1.54, 1.807) is 17.0 Å². The van der Waals surface area contributed by atoms with Gasteiger partial charge in [-0.05, 0) is 17.7 Å². The first kappa shape index (κ1) is 24.3. The number of amides is 2. The number of methoxy groups -OCH3 is 2. The number of nitrogens with zero attached hydrogens (tertiary/aromatic N) is 2. The maximum atomic E-state index is 12.9. The molecule has 1 aromatic rings. The molecule has 3 rings (SSSR count). The van der Waals surface area contributed by atoms with Crippen molar-refractivity contribution in [1.29, 1.82) is 5.26 Å². The minimum atomic E-state index is -1.30. The highest BCUT2D eigenvalue weighted by atomic mass is 32.2. The Labute approximate surface area is 194 Å². The molecule has 174 valence electrons. The van der Waals surface area contributed by atoms with E-state index in [4.69, 9.17) is 14.2 Å². The van der Waals surface area contributed by atoms with E-state index in [9.17, 15) is 24.4 Å². The number of ether oxygens (including phenoxy) is 3. The number of carbonyl (C=O) groups is 4. The van der Waals surface area contributed by atoms with Crippen molar-refractivity contribution < 1.29 is 33.4 Å². The van der Waals surface area contributed by atoms with E-state index in [-0.39, 0.29) is 27.8 Å². The molecule has 0 bridgehead atoms. The first-order valence-corrected chi connectivity index (χ1v) is 11.1. The van der Waals surface area contributed by atoms with Crippen molar-refractivity contribution in [3.8, 4) is 6.07 Å². The van der Waals surface area contributed by atoms with Crippen LogP contribution in [0.2, 0.25) is 0 Å². The molecule has 0 spiro atoms. The lowest BCUT2D eigenvalue weighted by atomic mass is 9.78. The molecule has 11 heteroatoms. The van der Waals surface area contributed by atoms with Crippen LogP contribution in [0.25, 0.3) is 0 Å². The molecule has 10 nitrogen and oxygen atoms in total. The summed E-state index contributed by atoms with van der Waals surface area (Å²) in [6.07, 6.45) is 0. The summed E-state index contributed by atoms with van der Waals surface area (Å²) in [4.78, 5) is 51.3. The maximum Gasteiger partial charge on any atom is 0.337 e. The van der Waals surface area contributed by atoms with E-state index < -0.39 is 29.7 Å². The largest absolute Gasteiger partial charge is 0.468 e. The van der Waals surface area contributed by atoms with Crippen LogP contribution in [0.1, 0.15) is 21.8 Å². The van der Waals surface area contributed by atoms with Crippen molar-refractivity contribution in [1.82, 2.24) is 10.2 Å². The summed E-state index contributed by atoms with van der Waals surface area (Å²) >= 11 is 1.03. The monoisotopic (exact) mass is 473 g/mol. The Balaban J connectivity index is 1.93. The molecule has 1 aromatic carbocycles. The van der Waals surface area contributed by atoms with Gasteiger partial charge in [0.15, 0.2) is 0 Å². The van der Waals surface area contributed by atoms with Crippen LogP contribution in [0.4, 0.5) is 0 Å². The minimum Gasteiger partial charge on any atom is -0.468 e. The topological polar surface area (TPSA) is 135 Å². The number of nitrogens with one attached hydrogen (secondary N) is 1. The van der Waals surface area contributed by atoms with Gasteiger partial charge in [-0.25, -0.2) is 4.79 Å². The lowest BCUT2D eigenvalue weighted by Crippen LogP contribution is -2.45. The maximum absolute atomic E-state index is 12.9. The third-order valence-corrected chi connectivity index (χ3v) is 6.38. The SMILES string of the molecule is COC(=O)c1ccc([C@H]2C(C#N)=C(SCC(=O)N3CCOCC3)NC(=O)[C@H]2C(=O)OC)cc1. The molecule has 2 atom stereocenters. The number of hydrogen-bond acceptors (Lipinski definition) is 9. The van der Waals surface area contributed by atoms with Gasteiger partial charge in [0.05, 0.1) is 55.4 Å². The van der Waals surface area contributed by atoms with Crippen LogP contribution in [0, 0.1) is 17.2 Å². The zero-order valence-electron chi connectivity index (χ0n) is 18.2. The third kappa shape index (κ3) is 5.35. The second-order valence-corrected chi connectivity index (χ2v) is 8.20. The van der Waals surface area contributed by atoms with Gasteiger partial charge in [-0.2, -0.15) is 5.26 Å². The van der Waals surface area contributed by atoms with Crippen molar-refractivity contribution in [2.45, 2.75) is 5.92 Å². The van der Waals surface area contributed by atoms with Crippen LogP contribution in [-0.4, -0.2) is 74.9 Å². The standard InChI is InChI=1S/C22H23N3O7S/c1-30-21(28)14-5-3-13(4-6-14)17-15(11-23)20(24-19(27)18(17)22(29)31-2)33-12-16(26)25-7-9-32-10-8-25/h3-6,17-18H,7-10,12H2,1-2H3,(H,24,27)/t17-,18-/m0/s1. The van der Waals surface area contributed by atoms with Gasteiger partial charge in [-0.1, -0.05) is 23.9 Å². The third-order valence-electron chi connectivity index (χ3n) is 5.38. The molecule has 0 aliphatic carbocycles. The molecule has 0 saturated carbocycles. The second kappa shape index (κ2) is 11.0. The molecular weight excluding hydrogens is 450 g/mol. The van der Waals surface area contributed by atoms with Gasteiger partial charge < -0.3 is 24.4 Å². The lowest BCUT2D eigenvalue weighted by Gasteiger charge is -2.31. The van der Waals surface area contributed by atoms with Gasteiger partial charge in [0.25, 0.3) is 0 Å². The highest BCUT2D eigenvalue weighted by molar-refractivity contribution is 8.03. The molecule has 0 radical (unpaired) electrons. The molecule has 1 fully saturated rings. The summed E-state index contributed by atoms with van der Waals surface area (Å²) in [5, 5.41) is 12.7. The summed E-state index contributed by atoms with van der Waals surface area (Å²) in [6.45, 7) is 1.89. The van der Waals surface area contributed by atoms with Gasteiger partial charge in [0.2, 0.25) is 11.8 Å². The zero-order chi connectivity index (χ0) is 24.0. The Bertz CT molecular complexity index is 1010. The lowest BCUT2D eigenvalue weighted by molar-refractivity contribution is -0.150. The number of allylic oxidation sites excluding steroid dienone is 1.